The minimum Gasteiger partial charge on any atom is -0.507 e. The van der Waals surface area contributed by atoms with E-state index in [-0.39, 0.29) is 5.75 Å². The Morgan fingerprint density at radius 3 is 2.35 bits per heavy atom. The van der Waals surface area contributed by atoms with Crippen molar-refractivity contribution in [2.75, 3.05) is 0 Å². The van der Waals surface area contributed by atoms with Crippen LogP contribution in [-0.2, 0) is 0 Å². The topological polar surface area (TPSA) is 70.2 Å². The van der Waals surface area contributed by atoms with Gasteiger partial charge in [-0.25, -0.2) is 0 Å². The number of benzene rings is 1. The molecule has 0 aliphatic rings. The van der Waals surface area contributed by atoms with Crippen LogP contribution in [0, 0.1) is 10.7 Å². The molecule has 0 radical (unpaired) electrons. The lowest BCUT2D eigenvalue weighted by Gasteiger charge is -2.04. The van der Waals surface area contributed by atoms with Crippen molar-refractivity contribution < 1.29 is 5.11 Å². The van der Waals surface area contributed by atoms with E-state index in [1.807, 2.05) is 0 Å². The van der Waals surface area contributed by atoms with Gasteiger partial charge >= 0.3 is 0 Å². The van der Waals surface area contributed by atoms with Gasteiger partial charge in [-0.05, 0) is 73.8 Å². The van der Waals surface area contributed by atoms with Crippen LogP contribution >= 0.6 is 67.8 Å². The summed E-state index contributed by atoms with van der Waals surface area (Å²) in [6.45, 7) is 0. The quantitative estimate of drug-likeness (QED) is 0.292. The fraction of sp³-hybridized carbons (Fsp3) is 0. The van der Waals surface area contributed by atoms with Crippen molar-refractivity contribution in [1.82, 2.24) is 4.98 Å². The average molecular weight is 567 g/mol. The molecule has 0 saturated heterocycles. The summed E-state index contributed by atoms with van der Waals surface area (Å²) >= 11 is 6.38. The first-order chi connectivity index (χ1) is 7.91. The highest BCUT2D eigenvalue weighted by atomic mass is 127. The van der Waals surface area contributed by atoms with E-state index in [1.165, 1.54) is 0 Å². The first kappa shape index (κ1) is 13.5. The Hall–Kier alpha value is 0.0900. The number of halogens is 3. The minimum atomic E-state index is -0.750. The summed E-state index contributed by atoms with van der Waals surface area (Å²) in [5.41, 5.74) is -0.996. The summed E-state index contributed by atoms with van der Waals surface area (Å²) in [7, 11) is 0. The second-order valence-electron chi connectivity index (χ2n) is 3.26. The fourth-order valence-corrected chi connectivity index (χ4v) is 3.60. The molecule has 7 heteroatoms. The van der Waals surface area contributed by atoms with Crippen molar-refractivity contribution in [2.45, 2.75) is 0 Å². The van der Waals surface area contributed by atoms with Gasteiger partial charge < -0.3 is 10.1 Å². The third-order valence-electron chi connectivity index (χ3n) is 2.17. The fourth-order valence-electron chi connectivity index (χ4n) is 1.36. The van der Waals surface area contributed by atoms with Gasteiger partial charge in [0.1, 0.15) is 5.75 Å². The molecule has 0 bridgehead atoms. The number of aromatic hydroxyl groups is 1. The van der Waals surface area contributed by atoms with E-state index in [4.69, 9.17) is 0 Å². The molecule has 4 nitrogen and oxygen atoms in total. The Morgan fingerprint density at radius 2 is 1.71 bits per heavy atom. The molecule has 2 rings (SSSR count). The largest absolute Gasteiger partial charge is 0.507 e. The van der Waals surface area contributed by atoms with E-state index in [0.29, 0.717) is 10.9 Å². The van der Waals surface area contributed by atoms with Gasteiger partial charge in [-0.3, -0.25) is 9.59 Å². The molecule has 0 unspecified atom stereocenters. The number of hydrogen-bond donors (Lipinski definition) is 2. The van der Waals surface area contributed by atoms with Crippen LogP contribution < -0.4 is 11.0 Å². The zero-order valence-corrected chi connectivity index (χ0v) is 14.5. The molecule has 17 heavy (non-hydrogen) atoms. The van der Waals surface area contributed by atoms with Crippen molar-refractivity contribution in [1.29, 1.82) is 0 Å². The van der Waals surface area contributed by atoms with Gasteiger partial charge in [0.15, 0.2) is 0 Å². The predicted octanol–water partition coefficient (Wildman–Crippen LogP) is 2.41. The Labute approximate surface area is 136 Å². The lowest BCUT2D eigenvalue weighted by Crippen LogP contribution is -2.22. The van der Waals surface area contributed by atoms with Gasteiger partial charge in [0.2, 0.25) is 5.43 Å². The number of fused-ring (bicyclic) bond motifs is 1. The number of nitrogens with one attached hydrogen (secondary N) is 1. The molecule has 0 spiro atoms. The third-order valence-corrected chi connectivity index (χ3v) is 7.28. The summed E-state index contributed by atoms with van der Waals surface area (Å²) in [6.07, 6.45) is 0. The summed E-state index contributed by atoms with van der Waals surface area (Å²) in [5.74, 6) is -0.185. The highest BCUT2D eigenvalue weighted by molar-refractivity contribution is 14.1. The van der Waals surface area contributed by atoms with Gasteiger partial charge in [0.05, 0.1) is 9.09 Å². The molecule has 88 valence electrons. The molecule has 1 heterocycles. The zero-order valence-electron chi connectivity index (χ0n) is 8.05. The summed E-state index contributed by atoms with van der Waals surface area (Å²) < 4.78 is 2.74. The van der Waals surface area contributed by atoms with Gasteiger partial charge in [0.25, 0.3) is 5.56 Å². The minimum absolute atomic E-state index is 0.185. The van der Waals surface area contributed by atoms with Crippen LogP contribution in [0.5, 0.6) is 5.75 Å². The van der Waals surface area contributed by atoms with Crippen molar-refractivity contribution in [3.63, 3.8) is 0 Å². The molecule has 0 aliphatic heterocycles. The Balaban J connectivity index is 3.19. The molecule has 0 amide bonds. The van der Waals surface area contributed by atoms with Crippen LogP contribution in [0.25, 0.3) is 10.9 Å². The lowest BCUT2D eigenvalue weighted by molar-refractivity contribution is 0.481. The van der Waals surface area contributed by atoms with Crippen molar-refractivity contribution >= 4 is 78.7 Å². The van der Waals surface area contributed by atoms with E-state index in [1.54, 1.807) is 6.07 Å². The van der Waals surface area contributed by atoms with Crippen LogP contribution in [0.3, 0.4) is 0 Å². The molecule has 2 aromatic rings. The van der Waals surface area contributed by atoms with E-state index >= 15 is 0 Å². The highest BCUT2D eigenvalue weighted by Crippen LogP contribution is 2.31. The molecule has 1 aromatic heterocycles. The molecule has 0 saturated carbocycles. The summed E-state index contributed by atoms with van der Waals surface area (Å²) in [4.78, 5) is 25.3. The average Bonchev–Trinajstić information content (AvgIpc) is 2.37. The molecular weight excluding hydrogens is 563 g/mol. The van der Waals surface area contributed by atoms with Crippen molar-refractivity contribution in [3.05, 3.63) is 43.4 Å². The van der Waals surface area contributed by atoms with Gasteiger partial charge in [0, 0.05) is 18.6 Å². The SMILES string of the molecule is O=c1cc(O)c2cc(I)c(I)c(I)c2[nH]c1=O. The monoisotopic (exact) mass is 567 g/mol. The van der Waals surface area contributed by atoms with Gasteiger partial charge in [-0.1, -0.05) is 0 Å². The maximum Gasteiger partial charge on any atom is 0.296 e. The Kier molecular flexibility index (Phi) is 3.97. The van der Waals surface area contributed by atoms with Gasteiger partial charge in [-0.2, -0.15) is 0 Å². The second-order valence-corrected chi connectivity index (χ2v) is 6.58. The second kappa shape index (κ2) is 4.99. The van der Waals surface area contributed by atoms with E-state index in [2.05, 4.69) is 72.8 Å². The lowest BCUT2D eigenvalue weighted by atomic mass is 10.2. The number of rotatable bonds is 0. The molecule has 0 aliphatic carbocycles. The summed E-state index contributed by atoms with van der Waals surface area (Å²) in [6, 6.07) is 2.69. The molecule has 0 fully saturated rings. The first-order valence-corrected chi connectivity index (χ1v) is 7.59. The molecule has 0 atom stereocenters. The summed E-state index contributed by atoms with van der Waals surface area (Å²) in [5, 5.41) is 10.3. The van der Waals surface area contributed by atoms with Crippen LogP contribution in [0.4, 0.5) is 0 Å². The molecule has 1 aromatic carbocycles. The van der Waals surface area contributed by atoms with Gasteiger partial charge in [-0.15, -0.1) is 0 Å². The molecule has 2 N–H and O–H groups in total. The number of aromatic amines is 1. The smallest absolute Gasteiger partial charge is 0.296 e. The van der Waals surface area contributed by atoms with Crippen LogP contribution in [-0.4, -0.2) is 10.1 Å². The Bertz CT molecular complexity index is 739. The standard InChI is InChI=1S/C10H4I3NO3/c11-4-1-3-5(15)2-6(16)10(17)14-9(3)8(13)7(4)12/h1-2,15H,(H,14,16,17). The first-order valence-electron chi connectivity index (χ1n) is 4.35. The maximum absolute atomic E-state index is 11.4. The van der Waals surface area contributed by atoms with Crippen LogP contribution in [0.1, 0.15) is 0 Å². The van der Waals surface area contributed by atoms with Crippen LogP contribution in [0.15, 0.2) is 21.7 Å². The predicted molar refractivity (Wildman–Crippen MR) is 90.7 cm³/mol. The normalized spacial score (nSPS) is 10.8. The third kappa shape index (κ3) is 2.45. The van der Waals surface area contributed by atoms with Crippen LogP contribution in [0.2, 0.25) is 0 Å². The maximum atomic E-state index is 11.4. The number of aromatic nitrogens is 1. The van der Waals surface area contributed by atoms with E-state index < -0.39 is 11.0 Å². The van der Waals surface area contributed by atoms with Crippen molar-refractivity contribution in [2.24, 2.45) is 0 Å². The van der Waals surface area contributed by atoms with E-state index in [0.717, 1.165) is 16.8 Å². The Morgan fingerprint density at radius 1 is 1.06 bits per heavy atom. The number of H-pyrrole nitrogens is 1. The zero-order chi connectivity index (χ0) is 12.7. The highest BCUT2D eigenvalue weighted by Gasteiger charge is 2.11. The van der Waals surface area contributed by atoms with Crippen molar-refractivity contribution in [3.8, 4) is 5.75 Å². The van der Waals surface area contributed by atoms with E-state index in [9.17, 15) is 14.7 Å². The number of hydrogen-bond acceptors (Lipinski definition) is 3. The molecular formula is C10H4I3NO3.